The van der Waals surface area contributed by atoms with Crippen molar-refractivity contribution in [2.24, 2.45) is 0 Å². The fourth-order valence-corrected chi connectivity index (χ4v) is 2.79. The summed E-state index contributed by atoms with van der Waals surface area (Å²) >= 11 is 10.7. The molecule has 0 aliphatic rings. The molecule has 0 aliphatic heterocycles. The number of hydrogen-bond acceptors (Lipinski definition) is 3. The van der Waals surface area contributed by atoms with Crippen LogP contribution in [0.15, 0.2) is 34.1 Å². The second-order valence-corrected chi connectivity index (χ2v) is 6.27. The molecular weight excluding hydrogens is 338 g/mol. The summed E-state index contributed by atoms with van der Waals surface area (Å²) in [7, 11) is 1.56. The van der Waals surface area contributed by atoms with Crippen LogP contribution in [0.2, 0.25) is 5.02 Å². The molecule has 0 unspecified atom stereocenters. The van der Waals surface area contributed by atoms with Crippen LogP contribution in [0.25, 0.3) is 0 Å². The summed E-state index contributed by atoms with van der Waals surface area (Å²) in [5.41, 5.74) is 0.533. The summed E-state index contributed by atoms with van der Waals surface area (Å²) in [6.07, 6.45) is 0. The first-order valence-electron chi connectivity index (χ1n) is 5.00. The molecule has 6 heteroatoms. The molecule has 1 aromatic heterocycles. The molecule has 0 spiro atoms. The number of thiophene rings is 1. The number of rotatable bonds is 3. The molecule has 2 rings (SSSR count). The number of carbonyl (C=O) groups is 1. The fraction of sp³-hybridized carbons (Fsp3) is 0.0833. The van der Waals surface area contributed by atoms with Crippen molar-refractivity contribution < 1.29 is 9.53 Å². The molecule has 1 heterocycles. The standard InChI is InChI=1S/C12H9BrClNO2S/c1-17-7-2-3-8(14)9(6-7)15-12(16)10-4-5-11(13)18-10/h2-6H,1H3,(H,15,16). The fourth-order valence-electron chi connectivity index (χ4n) is 1.35. The quantitative estimate of drug-likeness (QED) is 0.893. The third kappa shape index (κ3) is 3.04. The zero-order valence-corrected chi connectivity index (χ0v) is 12.5. The normalized spacial score (nSPS) is 10.2. The predicted molar refractivity (Wildman–Crippen MR) is 78.0 cm³/mol. The number of methoxy groups -OCH3 is 1. The van der Waals surface area contributed by atoms with Gasteiger partial charge >= 0.3 is 0 Å². The maximum Gasteiger partial charge on any atom is 0.265 e. The lowest BCUT2D eigenvalue weighted by Crippen LogP contribution is -2.10. The molecule has 0 fully saturated rings. The highest BCUT2D eigenvalue weighted by molar-refractivity contribution is 9.11. The van der Waals surface area contributed by atoms with E-state index in [-0.39, 0.29) is 5.91 Å². The van der Waals surface area contributed by atoms with E-state index in [9.17, 15) is 4.79 Å². The van der Waals surface area contributed by atoms with Gasteiger partial charge in [-0.3, -0.25) is 4.79 Å². The molecule has 0 radical (unpaired) electrons. The zero-order valence-electron chi connectivity index (χ0n) is 9.37. The van der Waals surface area contributed by atoms with Crippen LogP contribution in [0.1, 0.15) is 9.67 Å². The van der Waals surface area contributed by atoms with Crippen molar-refractivity contribution in [3.63, 3.8) is 0 Å². The highest BCUT2D eigenvalue weighted by Crippen LogP contribution is 2.28. The van der Waals surface area contributed by atoms with Crippen molar-refractivity contribution >= 4 is 50.5 Å². The van der Waals surface area contributed by atoms with Gasteiger partial charge < -0.3 is 10.1 Å². The van der Waals surface area contributed by atoms with Gasteiger partial charge in [0.15, 0.2) is 0 Å². The molecule has 0 saturated heterocycles. The van der Waals surface area contributed by atoms with Crippen LogP contribution in [-0.4, -0.2) is 13.0 Å². The lowest BCUT2D eigenvalue weighted by atomic mass is 10.3. The topological polar surface area (TPSA) is 38.3 Å². The van der Waals surface area contributed by atoms with E-state index in [0.717, 1.165) is 3.79 Å². The average Bonchev–Trinajstić information content (AvgIpc) is 2.79. The number of halogens is 2. The molecule has 94 valence electrons. The van der Waals surface area contributed by atoms with Crippen molar-refractivity contribution in [1.82, 2.24) is 0 Å². The minimum atomic E-state index is -0.194. The Balaban J connectivity index is 2.21. The first-order chi connectivity index (χ1) is 8.60. The molecule has 0 saturated carbocycles. The van der Waals surface area contributed by atoms with Crippen LogP contribution in [0.5, 0.6) is 5.75 Å². The number of amides is 1. The van der Waals surface area contributed by atoms with Crippen molar-refractivity contribution in [2.45, 2.75) is 0 Å². The minimum Gasteiger partial charge on any atom is -0.497 e. The third-order valence-corrected chi connectivity index (χ3v) is 4.17. The molecule has 0 atom stereocenters. The Kier molecular flexibility index (Phi) is 4.27. The van der Waals surface area contributed by atoms with Gasteiger partial charge in [-0.15, -0.1) is 11.3 Å². The van der Waals surface area contributed by atoms with E-state index in [4.69, 9.17) is 16.3 Å². The van der Waals surface area contributed by atoms with Gasteiger partial charge in [-0.25, -0.2) is 0 Å². The van der Waals surface area contributed by atoms with Crippen LogP contribution >= 0.6 is 38.9 Å². The number of anilines is 1. The number of hydrogen-bond donors (Lipinski definition) is 1. The summed E-state index contributed by atoms with van der Waals surface area (Å²) in [6.45, 7) is 0. The van der Waals surface area contributed by atoms with Gasteiger partial charge in [0.1, 0.15) is 5.75 Å². The van der Waals surface area contributed by atoms with E-state index in [0.29, 0.717) is 21.3 Å². The largest absolute Gasteiger partial charge is 0.497 e. The van der Waals surface area contributed by atoms with Crippen LogP contribution in [-0.2, 0) is 0 Å². The molecular formula is C12H9BrClNO2S. The Bertz CT molecular complexity index is 585. The van der Waals surface area contributed by atoms with Crippen molar-refractivity contribution in [3.05, 3.63) is 44.0 Å². The lowest BCUT2D eigenvalue weighted by molar-refractivity contribution is 0.103. The van der Waals surface area contributed by atoms with Crippen LogP contribution in [0.4, 0.5) is 5.69 Å². The molecule has 1 aromatic carbocycles. The minimum absolute atomic E-state index is 0.194. The Morgan fingerprint density at radius 3 is 2.78 bits per heavy atom. The number of ether oxygens (including phenoxy) is 1. The molecule has 18 heavy (non-hydrogen) atoms. The van der Waals surface area contributed by atoms with Crippen LogP contribution < -0.4 is 10.1 Å². The van der Waals surface area contributed by atoms with Gasteiger partial charge in [-0.05, 0) is 40.2 Å². The van der Waals surface area contributed by atoms with Crippen LogP contribution in [0, 0.1) is 0 Å². The number of benzene rings is 1. The van der Waals surface area contributed by atoms with E-state index in [2.05, 4.69) is 21.2 Å². The first kappa shape index (κ1) is 13.4. The molecule has 1 amide bonds. The molecule has 3 nitrogen and oxygen atoms in total. The van der Waals surface area contributed by atoms with Gasteiger partial charge in [0.2, 0.25) is 0 Å². The van der Waals surface area contributed by atoms with E-state index < -0.39 is 0 Å². The number of carbonyl (C=O) groups excluding carboxylic acids is 1. The summed E-state index contributed by atoms with van der Waals surface area (Å²) in [5.74, 6) is 0.447. The summed E-state index contributed by atoms with van der Waals surface area (Å²) in [6, 6.07) is 8.67. The van der Waals surface area contributed by atoms with Gasteiger partial charge in [0.25, 0.3) is 5.91 Å². The van der Waals surface area contributed by atoms with E-state index in [1.54, 1.807) is 31.4 Å². The third-order valence-electron chi connectivity index (χ3n) is 2.22. The average molecular weight is 347 g/mol. The van der Waals surface area contributed by atoms with Crippen molar-refractivity contribution in [2.75, 3.05) is 12.4 Å². The van der Waals surface area contributed by atoms with Gasteiger partial charge in [-0.1, -0.05) is 11.6 Å². The Morgan fingerprint density at radius 1 is 1.39 bits per heavy atom. The van der Waals surface area contributed by atoms with Crippen molar-refractivity contribution in [1.29, 1.82) is 0 Å². The Hall–Kier alpha value is -1.04. The summed E-state index contributed by atoms with van der Waals surface area (Å²) in [5, 5.41) is 3.23. The zero-order chi connectivity index (χ0) is 13.1. The van der Waals surface area contributed by atoms with E-state index in [1.807, 2.05) is 6.07 Å². The predicted octanol–water partition coefficient (Wildman–Crippen LogP) is 4.42. The van der Waals surface area contributed by atoms with E-state index >= 15 is 0 Å². The number of nitrogens with one attached hydrogen (secondary N) is 1. The highest BCUT2D eigenvalue weighted by atomic mass is 79.9. The second-order valence-electron chi connectivity index (χ2n) is 3.40. The van der Waals surface area contributed by atoms with E-state index in [1.165, 1.54) is 11.3 Å². The van der Waals surface area contributed by atoms with Crippen molar-refractivity contribution in [3.8, 4) is 5.75 Å². The molecule has 2 aromatic rings. The van der Waals surface area contributed by atoms with Gasteiger partial charge in [0, 0.05) is 6.07 Å². The Morgan fingerprint density at radius 2 is 2.17 bits per heavy atom. The molecule has 0 bridgehead atoms. The van der Waals surface area contributed by atoms with Gasteiger partial charge in [-0.2, -0.15) is 0 Å². The SMILES string of the molecule is COc1ccc(Cl)c(NC(=O)c2ccc(Br)s2)c1. The lowest BCUT2D eigenvalue weighted by Gasteiger charge is -2.08. The monoisotopic (exact) mass is 345 g/mol. The maximum atomic E-state index is 12.0. The van der Waals surface area contributed by atoms with Crippen LogP contribution in [0.3, 0.4) is 0 Å². The second kappa shape index (κ2) is 5.73. The first-order valence-corrected chi connectivity index (χ1v) is 6.99. The molecule has 1 N–H and O–H groups in total. The maximum absolute atomic E-state index is 12.0. The smallest absolute Gasteiger partial charge is 0.265 e. The summed E-state index contributed by atoms with van der Waals surface area (Å²) in [4.78, 5) is 12.6. The Labute approximate surface area is 122 Å². The van der Waals surface area contributed by atoms with Gasteiger partial charge in [0.05, 0.1) is 26.5 Å². The molecule has 0 aliphatic carbocycles. The summed E-state index contributed by atoms with van der Waals surface area (Å²) < 4.78 is 5.99. The highest BCUT2D eigenvalue weighted by Gasteiger charge is 2.11.